The first-order valence-electron chi connectivity index (χ1n) is 7.12. The van der Waals surface area contributed by atoms with Crippen LogP contribution in [0.4, 0.5) is 0 Å². The Kier molecular flexibility index (Phi) is 3.08. The number of aryl methyl sites for hydroxylation is 2. The lowest BCUT2D eigenvalue weighted by Gasteiger charge is -2.03. The van der Waals surface area contributed by atoms with E-state index in [1.54, 1.807) is 11.3 Å². The molecule has 4 nitrogen and oxygen atoms in total. The van der Waals surface area contributed by atoms with Gasteiger partial charge < -0.3 is 9.09 Å². The summed E-state index contributed by atoms with van der Waals surface area (Å²) in [6, 6.07) is 10.3. The Bertz CT molecular complexity index is 934. The molecule has 1 aromatic carbocycles. The molecule has 0 bridgehead atoms. The highest BCUT2D eigenvalue weighted by atomic mass is 32.1. The molecule has 3 heterocycles. The zero-order valence-electron chi connectivity index (χ0n) is 12.4. The van der Waals surface area contributed by atoms with Gasteiger partial charge >= 0.3 is 0 Å². The molecule has 0 radical (unpaired) electrons. The normalized spacial score (nSPS) is 11.4. The number of fused-ring (bicyclic) bond motifs is 1. The molecule has 22 heavy (non-hydrogen) atoms. The van der Waals surface area contributed by atoms with Crippen LogP contribution in [0, 0.1) is 13.8 Å². The maximum atomic E-state index is 5.44. The Balaban J connectivity index is 1.68. The van der Waals surface area contributed by atoms with Crippen LogP contribution in [0.15, 0.2) is 46.6 Å². The molecule has 0 saturated heterocycles. The summed E-state index contributed by atoms with van der Waals surface area (Å²) in [5.41, 5.74) is 5.59. The molecule has 4 rings (SSSR count). The SMILES string of the molecule is Cc1cc2ncn(Cc3cc(-c4cccs4)on3)c2cc1C. The molecule has 3 aromatic heterocycles. The van der Waals surface area contributed by atoms with Crippen molar-refractivity contribution in [3.05, 3.63) is 58.9 Å². The van der Waals surface area contributed by atoms with Gasteiger partial charge in [0.05, 0.1) is 28.8 Å². The Morgan fingerprint density at radius 3 is 2.86 bits per heavy atom. The molecule has 0 aliphatic carbocycles. The second-order valence-corrected chi connectivity index (χ2v) is 6.41. The molecule has 0 saturated carbocycles. The highest BCUT2D eigenvalue weighted by Gasteiger charge is 2.10. The summed E-state index contributed by atoms with van der Waals surface area (Å²) in [5, 5.41) is 6.21. The largest absolute Gasteiger partial charge is 0.355 e. The molecule has 5 heteroatoms. The predicted octanol–water partition coefficient (Wildman–Crippen LogP) is 4.42. The van der Waals surface area contributed by atoms with Crippen LogP contribution in [0.5, 0.6) is 0 Å². The van der Waals surface area contributed by atoms with Gasteiger partial charge in [-0.25, -0.2) is 4.98 Å². The van der Waals surface area contributed by atoms with Crippen LogP contribution < -0.4 is 0 Å². The fourth-order valence-corrected chi connectivity index (χ4v) is 3.21. The molecule has 4 aromatic rings. The number of benzene rings is 1. The van der Waals surface area contributed by atoms with Crippen molar-refractivity contribution in [1.29, 1.82) is 0 Å². The molecule has 0 N–H and O–H groups in total. The van der Waals surface area contributed by atoms with Crippen LogP contribution in [-0.2, 0) is 6.54 Å². The lowest BCUT2D eigenvalue weighted by molar-refractivity contribution is 0.422. The third-order valence-corrected chi connectivity index (χ3v) is 4.78. The van der Waals surface area contributed by atoms with E-state index in [0.717, 1.165) is 27.4 Å². The zero-order chi connectivity index (χ0) is 15.1. The number of imidazole rings is 1. The molecule has 0 unspecified atom stereocenters. The van der Waals surface area contributed by atoms with Crippen molar-refractivity contribution in [3.63, 3.8) is 0 Å². The van der Waals surface area contributed by atoms with E-state index in [2.05, 4.69) is 40.7 Å². The van der Waals surface area contributed by atoms with Gasteiger partial charge in [0, 0.05) is 6.07 Å². The van der Waals surface area contributed by atoms with Crippen molar-refractivity contribution in [3.8, 4) is 10.6 Å². The van der Waals surface area contributed by atoms with E-state index in [4.69, 9.17) is 4.52 Å². The first kappa shape index (κ1) is 13.3. The monoisotopic (exact) mass is 309 g/mol. The van der Waals surface area contributed by atoms with Crippen molar-refractivity contribution >= 4 is 22.4 Å². The Morgan fingerprint density at radius 1 is 1.18 bits per heavy atom. The van der Waals surface area contributed by atoms with E-state index in [1.807, 2.05) is 29.9 Å². The lowest BCUT2D eigenvalue weighted by Crippen LogP contribution is -1.98. The minimum absolute atomic E-state index is 0.661. The predicted molar refractivity (Wildman–Crippen MR) is 88.1 cm³/mol. The second-order valence-electron chi connectivity index (χ2n) is 5.46. The number of hydrogen-bond acceptors (Lipinski definition) is 4. The van der Waals surface area contributed by atoms with Gasteiger partial charge in [-0.2, -0.15) is 0 Å². The standard InChI is InChI=1S/C17H15N3OS/c1-11-6-14-15(7-12(11)2)20(10-18-14)9-13-8-16(21-19-13)17-4-3-5-22-17/h3-8,10H,9H2,1-2H3. The van der Waals surface area contributed by atoms with Crippen LogP contribution >= 0.6 is 11.3 Å². The Labute approximate surface area is 132 Å². The van der Waals surface area contributed by atoms with Crippen molar-refractivity contribution in [2.45, 2.75) is 20.4 Å². The molecule has 0 atom stereocenters. The summed E-state index contributed by atoms with van der Waals surface area (Å²) in [4.78, 5) is 5.58. The molecular weight excluding hydrogens is 294 g/mol. The van der Waals surface area contributed by atoms with E-state index in [1.165, 1.54) is 11.1 Å². The van der Waals surface area contributed by atoms with Gasteiger partial charge in [0.1, 0.15) is 5.69 Å². The third-order valence-electron chi connectivity index (χ3n) is 3.89. The summed E-state index contributed by atoms with van der Waals surface area (Å²) in [7, 11) is 0. The Morgan fingerprint density at radius 2 is 2.05 bits per heavy atom. The fourth-order valence-electron chi connectivity index (χ4n) is 2.53. The first-order chi connectivity index (χ1) is 10.7. The van der Waals surface area contributed by atoms with Gasteiger partial charge in [-0.3, -0.25) is 0 Å². The lowest BCUT2D eigenvalue weighted by atomic mass is 10.1. The molecule has 0 fully saturated rings. The van der Waals surface area contributed by atoms with Crippen molar-refractivity contribution in [2.24, 2.45) is 0 Å². The summed E-state index contributed by atoms with van der Waals surface area (Å²) in [6.07, 6.45) is 1.86. The van der Waals surface area contributed by atoms with Crippen molar-refractivity contribution in [1.82, 2.24) is 14.7 Å². The van der Waals surface area contributed by atoms with E-state index >= 15 is 0 Å². The van der Waals surface area contributed by atoms with Gasteiger partial charge in [0.2, 0.25) is 0 Å². The van der Waals surface area contributed by atoms with Crippen LogP contribution in [-0.4, -0.2) is 14.7 Å². The molecule has 110 valence electrons. The number of hydrogen-bond donors (Lipinski definition) is 0. The minimum Gasteiger partial charge on any atom is -0.355 e. The number of aromatic nitrogens is 3. The van der Waals surface area contributed by atoms with Gasteiger partial charge in [-0.1, -0.05) is 11.2 Å². The third kappa shape index (κ3) is 2.23. The van der Waals surface area contributed by atoms with Gasteiger partial charge in [-0.15, -0.1) is 11.3 Å². The molecule has 0 aliphatic rings. The van der Waals surface area contributed by atoms with Crippen LogP contribution in [0.25, 0.3) is 21.7 Å². The average Bonchev–Trinajstić information content (AvgIpc) is 3.22. The minimum atomic E-state index is 0.661. The fraction of sp³-hybridized carbons (Fsp3) is 0.176. The zero-order valence-corrected chi connectivity index (χ0v) is 13.2. The number of nitrogens with zero attached hydrogens (tertiary/aromatic N) is 3. The maximum Gasteiger partial charge on any atom is 0.177 e. The van der Waals surface area contributed by atoms with Crippen LogP contribution in [0.2, 0.25) is 0 Å². The van der Waals surface area contributed by atoms with Crippen molar-refractivity contribution in [2.75, 3.05) is 0 Å². The summed E-state index contributed by atoms with van der Waals surface area (Å²) in [6.45, 7) is 4.89. The number of thiophene rings is 1. The molecule has 0 spiro atoms. The quantitative estimate of drug-likeness (QED) is 0.563. The van der Waals surface area contributed by atoms with E-state index in [-0.39, 0.29) is 0 Å². The highest BCUT2D eigenvalue weighted by molar-refractivity contribution is 7.13. The van der Waals surface area contributed by atoms with E-state index in [0.29, 0.717) is 6.54 Å². The van der Waals surface area contributed by atoms with E-state index in [9.17, 15) is 0 Å². The second kappa shape index (κ2) is 5.10. The number of rotatable bonds is 3. The summed E-state index contributed by atoms with van der Waals surface area (Å²) >= 11 is 1.65. The van der Waals surface area contributed by atoms with Gasteiger partial charge in [0.15, 0.2) is 5.76 Å². The average molecular weight is 309 g/mol. The Hall–Kier alpha value is -2.40. The topological polar surface area (TPSA) is 43.9 Å². The summed E-state index contributed by atoms with van der Waals surface area (Å²) in [5.74, 6) is 0.821. The van der Waals surface area contributed by atoms with Crippen LogP contribution in [0.3, 0.4) is 0 Å². The van der Waals surface area contributed by atoms with Gasteiger partial charge in [0.25, 0.3) is 0 Å². The smallest absolute Gasteiger partial charge is 0.177 e. The van der Waals surface area contributed by atoms with Crippen molar-refractivity contribution < 1.29 is 4.52 Å². The maximum absolute atomic E-state index is 5.44. The molecular formula is C17H15N3OS. The summed E-state index contributed by atoms with van der Waals surface area (Å²) < 4.78 is 7.55. The molecule has 0 amide bonds. The van der Waals surface area contributed by atoms with E-state index < -0.39 is 0 Å². The highest BCUT2D eigenvalue weighted by Crippen LogP contribution is 2.26. The van der Waals surface area contributed by atoms with Crippen LogP contribution in [0.1, 0.15) is 16.8 Å². The molecule has 0 aliphatic heterocycles. The van der Waals surface area contributed by atoms with Gasteiger partial charge in [-0.05, 0) is 48.6 Å². The first-order valence-corrected chi connectivity index (χ1v) is 8.00.